The van der Waals surface area contributed by atoms with Crippen LogP contribution < -0.4 is 5.32 Å². The first-order valence-electron chi connectivity index (χ1n) is 6.09. The van der Waals surface area contributed by atoms with Crippen LogP contribution in [0.1, 0.15) is 40.3 Å². The van der Waals surface area contributed by atoms with Crippen molar-refractivity contribution in [1.82, 2.24) is 10.5 Å². The molecule has 1 atom stereocenters. The molecule has 0 aliphatic carbocycles. The van der Waals surface area contributed by atoms with Crippen molar-refractivity contribution in [2.24, 2.45) is 0 Å². The lowest BCUT2D eigenvalue weighted by molar-refractivity contribution is 0.0939. The van der Waals surface area contributed by atoms with Crippen LogP contribution in [0.5, 0.6) is 0 Å². The van der Waals surface area contributed by atoms with Crippen molar-refractivity contribution in [3.05, 3.63) is 51.1 Å². The third-order valence-electron chi connectivity index (χ3n) is 3.05. The van der Waals surface area contributed by atoms with Crippen molar-refractivity contribution >= 4 is 21.8 Å². The molecule has 20 heavy (non-hydrogen) atoms. The fraction of sp³-hybridized carbons (Fsp3) is 0.286. The number of hydrogen-bond donors (Lipinski definition) is 1. The summed E-state index contributed by atoms with van der Waals surface area (Å²) in [4.78, 5) is 12.1. The molecular formula is C14H14BrFN2O2. The maximum absolute atomic E-state index is 13.4. The van der Waals surface area contributed by atoms with Crippen molar-refractivity contribution in [2.75, 3.05) is 0 Å². The third-order valence-corrected chi connectivity index (χ3v) is 3.69. The average molecular weight is 341 g/mol. The van der Waals surface area contributed by atoms with E-state index in [1.165, 1.54) is 12.1 Å². The highest BCUT2D eigenvalue weighted by Gasteiger charge is 2.19. The lowest BCUT2D eigenvalue weighted by Crippen LogP contribution is -2.27. The van der Waals surface area contributed by atoms with Gasteiger partial charge in [0.2, 0.25) is 0 Å². The van der Waals surface area contributed by atoms with Gasteiger partial charge in [-0.3, -0.25) is 4.79 Å². The van der Waals surface area contributed by atoms with Crippen LogP contribution in [0.15, 0.2) is 27.2 Å². The number of amides is 1. The van der Waals surface area contributed by atoms with Gasteiger partial charge in [-0.1, -0.05) is 5.16 Å². The van der Waals surface area contributed by atoms with Gasteiger partial charge in [-0.15, -0.1) is 0 Å². The molecule has 106 valence electrons. The first-order chi connectivity index (χ1) is 9.40. The van der Waals surface area contributed by atoms with Crippen LogP contribution in [0, 0.1) is 19.7 Å². The van der Waals surface area contributed by atoms with Crippen molar-refractivity contribution in [3.8, 4) is 0 Å². The molecule has 0 spiro atoms. The predicted octanol–water partition coefficient (Wildman–Crippen LogP) is 3.68. The summed E-state index contributed by atoms with van der Waals surface area (Å²) >= 11 is 3.05. The number of hydrogen-bond acceptors (Lipinski definition) is 3. The molecule has 6 heteroatoms. The van der Waals surface area contributed by atoms with Crippen LogP contribution in [0.4, 0.5) is 4.39 Å². The maximum atomic E-state index is 13.4. The summed E-state index contributed by atoms with van der Waals surface area (Å²) < 4.78 is 18.8. The van der Waals surface area contributed by atoms with Crippen molar-refractivity contribution < 1.29 is 13.7 Å². The van der Waals surface area contributed by atoms with Crippen molar-refractivity contribution in [1.29, 1.82) is 0 Å². The first-order valence-corrected chi connectivity index (χ1v) is 6.88. The minimum absolute atomic E-state index is 0.263. The zero-order valence-corrected chi connectivity index (χ0v) is 12.9. The molecule has 1 N–H and O–H groups in total. The zero-order chi connectivity index (χ0) is 14.9. The van der Waals surface area contributed by atoms with E-state index in [-0.39, 0.29) is 17.5 Å². The summed E-state index contributed by atoms with van der Waals surface area (Å²) in [5.74, 6) is -0.149. The summed E-state index contributed by atoms with van der Waals surface area (Å²) in [6.07, 6.45) is 0. The fourth-order valence-electron chi connectivity index (χ4n) is 2.10. The average Bonchev–Trinajstić information content (AvgIpc) is 2.72. The SMILES string of the molecule is Cc1noc(C)c1C(C)NC(=O)c1ccc(Br)c(F)c1. The van der Waals surface area contributed by atoms with Gasteiger partial charge >= 0.3 is 0 Å². The number of benzene rings is 1. The lowest BCUT2D eigenvalue weighted by Gasteiger charge is -2.14. The molecule has 2 rings (SSSR count). The van der Waals surface area contributed by atoms with Crippen LogP contribution in [0.25, 0.3) is 0 Å². The number of aromatic nitrogens is 1. The van der Waals surface area contributed by atoms with Gasteiger partial charge < -0.3 is 9.84 Å². The Morgan fingerprint density at radius 1 is 1.45 bits per heavy atom. The predicted molar refractivity (Wildman–Crippen MR) is 76.0 cm³/mol. The number of aryl methyl sites for hydroxylation is 2. The Kier molecular flexibility index (Phi) is 4.23. The van der Waals surface area contributed by atoms with Crippen LogP contribution in [-0.4, -0.2) is 11.1 Å². The number of carbonyl (C=O) groups excluding carboxylic acids is 1. The second-order valence-electron chi connectivity index (χ2n) is 4.56. The summed E-state index contributed by atoms with van der Waals surface area (Å²) in [5, 5.41) is 6.66. The van der Waals surface area contributed by atoms with E-state index in [1.807, 2.05) is 13.8 Å². The Bertz CT molecular complexity index is 635. The highest BCUT2D eigenvalue weighted by molar-refractivity contribution is 9.10. The van der Waals surface area contributed by atoms with E-state index >= 15 is 0 Å². The van der Waals surface area contributed by atoms with Gasteiger partial charge in [0.15, 0.2) is 0 Å². The van der Waals surface area contributed by atoms with Gasteiger partial charge in [0, 0.05) is 11.1 Å². The Morgan fingerprint density at radius 2 is 2.15 bits per heavy atom. The van der Waals surface area contributed by atoms with Crippen molar-refractivity contribution in [3.63, 3.8) is 0 Å². The third kappa shape index (κ3) is 2.90. The minimum Gasteiger partial charge on any atom is -0.361 e. The molecule has 0 radical (unpaired) electrons. The monoisotopic (exact) mass is 340 g/mol. The summed E-state index contributed by atoms with van der Waals surface area (Å²) in [5.41, 5.74) is 1.84. The lowest BCUT2D eigenvalue weighted by atomic mass is 10.1. The van der Waals surface area contributed by atoms with Crippen LogP contribution in [0.3, 0.4) is 0 Å². The van der Waals surface area contributed by atoms with Crippen LogP contribution in [0.2, 0.25) is 0 Å². The molecule has 4 nitrogen and oxygen atoms in total. The first kappa shape index (κ1) is 14.7. The van der Waals surface area contributed by atoms with Gasteiger partial charge in [0.25, 0.3) is 5.91 Å². The molecule has 0 saturated carbocycles. The molecule has 1 heterocycles. The maximum Gasteiger partial charge on any atom is 0.251 e. The van der Waals surface area contributed by atoms with E-state index in [0.717, 1.165) is 11.3 Å². The smallest absolute Gasteiger partial charge is 0.251 e. The van der Waals surface area contributed by atoms with Crippen LogP contribution >= 0.6 is 15.9 Å². The molecule has 1 unspecified atom stereocenters. The number of halogens is 2. The van der Waals surface area contributed by atoms with Gasteiger partial charge in [0.05, 0.1) is 16.2 Å². The highest BCUT2D eigenvalue weighted by Crippen LogP contribution is 2.22. The summed E-state index contributed by atoms with van der Waals surface area (Å²) in [6, 6.07) is 3.99. The molecular weight excluding hydrogens is 327 g/mol. The number of rotatable bonds is 3. The molecule has 0 aliphatic rings. The Labute approximate surface area is 124 Å². The van der Waals surface area contributed by atoms with Gasteiger partial charge in [0.1, 0.15) is 11.6 Å². The standard InChI is InChI=1S/C14H14BrFN2O2/c1-7(13-8(2)18-20-9(13)3)17-14(19)10-4-5-11(15)12(16)6-10/h4-7H,1-3H3,(H,17,19). The second-order valence-corrected chi connectivity index (χ2v) is 5.42. The van der Waals surface area contributed by atoms with E-state index < -0.39 is 5.82 Å². The van der Waals surface area contributed by atoms with Gasteiger partial charge in [-0.2, -0.15) is 0 Å². The number of nitrogens with zero attached hydrogens (tertiary/aromatic N) is 1. The minimum atomic E-state index is -0.470. The summed E-state index contributed by atoms with van der Waals surface area (Å²) in [7, 11) is 0. The van der Waals surface area contributed by atoms with E-state index in [2.05, 4.69) is 26.4 Å². The molecule has 0 saturated heterocycles. The fourth-order valence-corrected chi connectivity index (χ4v) is 2.34. The van der Waals surface area contributed by atoms with E-state index in [1.54, 1.807) is 13.0 Å². The molecule has 1 amide bonds. The molecule has 0 fully saturated rings. The molecule has 1 aromatic carbocycles. The van der Waals surface area contributed by atoms with E-state index in [0.29, 0.717) is 10.2 Å². The Balaban J connectivity index is 2.17. The van der Waals surface area contributed by atoms with E-state index in [9.17, 15) is 9.18 Å². The van der Waals surface area contributed by atoms with Crippen molar-refractivity contribution in [2.45, 2.75) is 26.8 Å². The van der Waals surface area contributed by atoms with Gasteiger partial charge in [-0.05, 0) is 54.9 Å². The van der Waals surface area contributed by atoms with E-state index in [4.69, 9.17) is 4.52 Å². The second kappa shape index (κ2) is 5.75. The highest BCUT2D eigenvalue weighted by atomic mass is 79.9. The largest absolute Gasteiger partial charge is 0.361 e. The molecule has 0 bridgehead atoms. The quantitative estimate of drug-likeness (QED) is 0.927. The number of nitrogens with one attached hydrogen (secondary N) is 1. The molecule has 2 aromatic rings. The normalized spacial score (nSPS) is 12.2. The number of carbonyl (C=O) groups is 1. The Morgan fingerprint density at radius 3 is 2.70 bits per heavy atom. The van der Waals surface area contributed by atoms with Gasteiger partial charge in [-0.25, -0.2) is 4.39 Å². The van der Waals surface area contributed by atoms with Crippen LogP contribution in [-0.2, 0) is 0 Å². The Hall–Kier alpha value is -1.69. The topological polar surface area (TPSA) is 55.1 Å². The summed E-state index contributed by atoms with van der Waals surface area (Å²) in [6.45, 7) is 5.44. The molecule has 1 aromatic heterocycles. The molecule has 0 aliphatic heterocycles. The zero-order valence-electron chi connectivity index (χ0n) is 11.3.